The summed E-state index contributed by atoms with van der Waals surface area (Å²) < 4.78 is 0. The van der Waals surface area contributed by atoms with Crippen LogP contribution in [0.2, 0.25) is 0 Å². The van der Waals surface area contributed by atoms with Gasteiger partial charge in [-0.3, -0.25) is 4.99 Å². The molecule has 0 fully saturated rings. The van der Waals surface area contributed by atoms with Crippen LogP contribution in [0.25, 0.3) is 0 Å². The summed E-state index contributed by atoms with van der Waals surface area (Å²) in [4.78, 5) is 11.2. The first-order chi connectivity index (χ1) is 9.24. The molecule has 0 unspecified atom stereocenters. The largest absolute Gasteiger partial charge is 0.370 e. The summed E-state index contributed by atoms with van der Waals surface area (Å²) >= 11 is 3.48. The van der Waals surface area contributed by atoms with Crippen molar-refractivity contribution in [2.75, 3.05) is 13.1 Å². The van der Waals surface area contributed by atoms with E-state index in [1.54, 1.807) is 22.7 Å². The minimum atomic E-state index is 0. The van der Waals surface area contributed by atoms with Crippen LogP contribution >= 0.6 is 46.7 Å². The van der Waals surface area contributed by atoms with E-state index in [-0.39, 0.29) is 24.0 Å². The maximum Gasteiger partial charge on any atom is 0.188 e. The smallest absolute Gasteiger partial charge is 0.188 e. The summed E-state index contributed by atoms with van der Waals surface area (Å²) in [5.41, 5.74) is 5.81. The lowest BCUT2D eigenvalue weighted by atomic mass is 10.3. The van der Waals surface area contributed by atoms with Gasteiger partial charge in [0.1, 0.15) is 0 Å². The number of nitrogens with zero attached hydrogens (tertiary/aromatic N) is 2. The number of aromatic nitrogens is 1. The van der Waals surface area contributed by atoms with Crippen molar-refractivity contribution in [3.63, 3.8) is 0 Å². The van der Waals surface area contributed by atoms with Crippen LogP contribution in [-0.2, 0) is 12.8 Å². The molecule has 3 N–H and O–H groups in total. The van der Waals surface area contributed by atoms with Gasteiger partial charge >= 0.3 is 0 Å². The molecule has 0 bridgehead atoms. The molecular weight excluding hydrogens is 403 g/mol. The van der Waals surface area contributed by atoms with E-state index in [1.807, 2.05) is 6.20 Å². The van der Waals surface area contributed by atoms with Crippen molar-refractivity contribution in [3.8, 4) is 0 Å². The molecule has 0 aliphatic heterocycles. The second-order valence-corrected chi connectivity index (χ2v) is 6.49. The molecule has 110 valence electrons. The van der Waals surface area contributed by atoms with Gasteiger partial charge in [0.25, 0.3) is 0 Å². The minimum Gasteiger partial charge on any atom is -0.370 e. The Morgan fingerprint density at radius 3 is 2.95 bits per heavy atom. The Morgan fingerprint density at radius 1 is 1.45 bits per heavy atom. The van der Waals surface area contributed by atoms with Gasteiger partial charge in [0.2, 0.25) is 0 Å². The minimum absolute atomic E-state index is 0. The van der Waals surface area contributed by atoms with E-state index in [1.165, 1.54) is 9.75 Å². The Bertz CT molecular complexity index is 522. The van der Waals surface area contributed by atoms with Gasteiger partial charge in [-0.2, -0.15) is 0 Å². The lowest BCUT2D eigenvalue weighted by molar-refractivity contribution is 0.851. The molecule has 20 heavy (non-hydrogen) atoms. The van der Waals surface area contributed by atoms with E-state index in [2.05, 4.69) is 39.7 Å². The van der Waals surface area contributed by atoms with E-state index in [0.717, 1.165) is 24.4 Å². The number of hydrogen-bond acceptors (Lipinski definition) is 4. The van der Waals surface area contributed by atoms with Gasteiger partial charge < -0.3 is 11.1 Å². The molecule has 4 nitrogen and oxygen atoms in total. The van der Waals surface area contributed by atoms with Crippen molar-refractivity contribution in [3.05, 3.63) is 38.5 Å². The third-order valence-electron chi connectivity index (χ3n) is 2.53. The highest BCUT2D eigenvalue weighted by Gasteiger charge is 1.98. The molecule has 2 aromatic rings. The van der Waals surface area contributed by atoms with Crippen molar-refractivity contribution in [1.29, 1.82) is 0 Å². The Labute approximate surface area is 144 Å². The molecule has 2 aromatic heterocycles. The van der Waals surface area contributed by atoms with Crippen LogP contribution in [0.1, 0.15) is 14.8 Å². The number of guanidine groups is 1. The lowest BCUT2D eigenvalue weighted by Gasteiger charge is -2.04. The van der Waals surface area contributed by atoms with Crippen LogP contribution in [0.4, 0.5) is 0 Å². The van der Waals surface area contributed by atoms with Crippen LogP contribution < -0.4 is 11.1 Å². The predicted octanol–water partition coefficient (Wildman–Crippen LogP) is 2.82. The summed E-state index contributed by atoms with van der Waals surface area (Å²) in [5.74, 6) is 0.518. The second-order valence-electron chi connectivity index (χ2n) is 4.14. The number of nitrogens with two attached hydrogens (primary N) is 1. The fourth-order valence-corrected chi connectivity index (χ4v) is 3.10. The molecule has 0 aromatic carbocycles. The molecule has 0 aliphatic rings. The number of aliphatic imine (C=N–C) groups is 1. The summed E-state index contributed by atoms with van der Waals surface area (Å²) in [5, 5.41) is 6.33. The summed E-state index contributed by atoms with van der Waals surface area (Å²) in [6.45, 7) is 3.57. The highest BCUT2D eigenvalue weighted by molar-refractivity contribution is 14.0. The molecule has 0 aliphatic carbocycles. The third kappa shape index (κ3) is 6.19. The van der Waals surface area contributed by atoms with E-state index in [9.17, 15) is 0 Å². The zero-order chi connectivity index (χ0) is 13.5. The van der Waals surface area contributed by atoms with E-state index < -0.39 is 0 Å². The number of rotatable bonds is 6. The maximum absolute atomic E-state index is 5.81. The molecular formula is C13H19IN4S2. The standard InChI is InChI=1S/C13H18N4S2.HI/c1-10-9-17-12(19-10)5-7-16-13(14)15-6-4-11-3-2-8-18-11;/h2-3,8-9H,4-7H2,1H3,(H3,14,15,16);1H. The predicted molar refractivity (Wildman–Crippen MR) is 98.5 cm³/mol. The summed E-state index contributed by atoms with van der Waals surface area (Å²) in [6, 6.07) is 4.19. The molecule has 0 spiro atoms. The molecule has 7 heteroatoms. The number of thiophene rings is 1. The van der Waals surface area contributed by atoms with Crippen LogP contribution in [0.3, 0.4) is 0 Å². The molecule has 0 amide bonds. The first-order valence-corrected chi connectivity index (χ1v) is 7.91. The van der Waals surface area contributed by atoms with Crippen molar-refractivity contribution in [2.45, 2.75) is 19.8 Å². The number of hydrogen-bond donors (Lipinski definition) is 2. The van der Waals surface area contributed by atoms with E-state index in [0.29, 0.717) is 12.5 Å². The number of aryl methyl sites for hydroxylation is 1. The average molecular weight is 422 g/mol. The van der Waals surface area contributed by atoms with Gasteiger partial charge in [-0.25, -0.2) is 4.98 Å². The molecule has 0 atom stereocenters. The second kappa shape index (κ2) is 9.30. The van der Waals surface area contributed by atoms with Gasteiger partial charge in [0, 0.05) is 35.5 Å². The average Bonchev–Trinajstić information content (AvgIpc) is 3.01. The lowest BCUT2D eigenvalue weighted by Crippen LogP contribution is -2.33. The van der Waals surface area contributed by atoms with E-state index in [4.69, 9.17) is 5.73 Å². The monoisotopic (exact) mass is 422 g/mol. The van der Waals surface area contributed by atoms with Crippen LogP contribution in [0.15, 0.2) is 28.7 Å². The van der Waals surface area contributed by atoms with E-state index >= 15 is 0 Å². The van der Waals surface area contributed by atoms with Gasteiger partial charge in [0.15, 0.2) is 5.96 Å². The number of halogens is 1. The van der Waals surface area contributed by atoms with Crippen molar-refractivity contribution < 1.29 is 0 Å². The molecule has 0 saturated carbocycles. The Balaban J connectivity index is 0.00000200. The van der Waals surface area contributed by atoms with Gasteiger partial charge in [-0.1, -0.05) is 6.07 Å². The van der Waals surface area contributed by atoms with Gasteiger partial charge in [0.05, 0.1) is 5.01 Å². The topological polar surface area (TPSA) is 63.3 Å². The zero-order valence-electron chi connectivity index (χ0n) is 11.3. The Hall–Kier alpha value is -0.670. The molecule has 0 radical (unpaired) electrons. The Morgan fingerprint density at radius 2 is 2.30 bits per heavy atom. The highest BCUT2D eigenvalue weighted by atomic mass is 127. The van der Waals surface area contributed by atoms with Gasteiger partial charge in [-0.05, 0) is 24.8 Å². The normalized spacial score (nSPS) is 11.2. The number of nitrogens with one attached hydrogen (secondary N) is 1. The highest BCUT2D eigenvalue weighted by Crippen LogP contribution is 2.11. The van der Waals surface area contributed by atoms with Crippen LogP contribution in [0.5, 0.6) is 0 Å². The molecule has 2 rings (SSSR count). The summed E-state index contributed by atoms with van der Waals surface area (Å²) in [6.07, 6.45) is 3.73. The van der Waals surface area contributed by atoms with Crippen molar-refractivity contribution >= 4 is 52.6 Å². The zero-order valence-corrected chi connectivity index (χ0v) is 15.3. The first-order valence-electron chi connectivity index (χ1n) is 6.21. The van der Waals surface area contributed by atoms with Crippen LogP contribution in [0, 0.1) is 6.92 Å². The van der Waals surface area contributed by atoms with Gasteiger partial charge in [-0.15, -0.1) is 46.7 Å². The summed E-state index contributed by atoms with van der Waals surface area (Å²) in [7, 11) is 0. The maximum atomic E-state index is 5.81. The van der Waals surface area contributed by atoms with Crippen LogP contribution in [-0.4, -0.2) is 24.0 Å². The third-order valence-corrected chi connectivity index (χ3v) is 4.44. The fourth-order valence-electron chi connectivity index (χ4n) is 1.61. The SMILES string of the molecule is Cc1cnc(CCN=C(N)NCCc2cccs2)s1.I. The van der Waals surface area contributed by atoms with Crippen molar-refractivity contribution in [1.82, 2.24) is 10.3 Å². The fraction of sp³-hybridized carbons (Fsp3) is 0.385. The number of thiazole rings is 1. The van der Waals surface area contributed by atoms with Crippen molar-refractivity contribution in [2.24, 2.45) is 10.7 Å². The quantitative estimate of drug-likeness (QED) is 0.428. The Kier molecular flexibility index (Phi) is 8.08. The first kappa shape index (κ1) is 17.4. The molecule has 0 saturated heterocycles. The molecule has 2 heterocycles.